The van der Waals surface area contributed by atoms with E-state index in [2.05, 4.69) is 15.5 Å². The highest BCUT2D eigenvalue weighted by Gasteiger charge is 2.17. The number of nitrogens with zero attached hydrogens (tertiary/aromatic N) is 3. The predicted molar refractivity (Wildman–Crippen MR) is 58.7 cm³/mol. The summed E-state index contributed by atoms with van der Waals surface area (Å²) in [6, 6.07) is 0.486. The van der Waals surface area contributed by atoms with Crippen LogP contribution in [0.2, 0.25) is 0 Å². The number of aromatic nitrogens is 3. The van der Waals surface area contributed by atoms with Crippen molar-refractivity contribution in [3.63, 3.8) is 0 Å². The van der Waals surface area contributed by atoms with Gasteiger partial charge in [0.15, 0.2) is 0 Å². The van der Waals surface area contributed by atoms with E-state index in [1.165, 1.54) is 0 Å². The molecule has 1 aromatic rings. The summed E-state index contributed by atoms with van der Waals surface area (Å²) < 4.78 is 13.1. The lowest BCUT2D eigenvalue weighted by molar-refractivity contribution is 0.463. The molecule has 0 aromatic carbocycles. The molecule has 2 rings (SSSR count). The molecule has 5 nitrogen and oxygen atoms in total. The van der Waals surface area contributed by atoms with Gasteiger partial charge in [0.05, 0.1) is 6.54 Å². The van der Waals surface area contributed by atoms with E-state index >= 15 is 0 Å². The monoisotopic (exact) mass is 228 g/mol. The second-order valence-electron chi connectivity index (χ2n) is 3.86. The van der Waals surface area contributed by atoms with Crippen molar-refractivity contribution in [1.82, 2.24) is 20.1 Å². The molecule has 0 atom stereocenters. The van der Waals surface area contributed by atoms with E-state index in [0.717, 1.165) is 36.7 Å². The van der Waals surface area contributed by atoms with Gasteiger partial charge in [-0.1, -0.05) is 0 Å². The number of hydrogen-bond acceptors (Lipinski definition) is 4. The second-order valence-corrected chi connectivity index (χ2v) is 5.56. The topological polar surface area (TPSA) is 59.8 Å². The molecule has 0 unspecified atom stereocenters. The lowest BCUT2D eigenvalue weighted by atomic mass is 10.1. The molecule has 1 aliphatic heterocycles. The Hall–Kier alpha value is -0.750. The summed E-state index contributed by atoms with van der Waals surface area (Å²) in [7, 11) is 1.36. The average molecular weight is 228 g/mol. The summed E-state index contributed by atoms with van der Waals surface area (Å²) in [4.78, 5) is 0. The van der Waals surface area contributed by atoms with Crippen LogP contribution in [0.15, 0.2) is 6.33 Å². The van der Waals surface area contributed by atoms with Gasteiger partial charge in [-0.2, -0.15) is 0 Å². The normalized spacial score (nSPS) is 26.7. The first-order valence-corrected chi connectivity index (χ1v) is 6.66. The van der Waals surface area contributed by atoms with Crippen molar-refractivity contribution in [2.45, 2.75) is 25.4 Å². The highest BCUT2D eigenvalue weighted by molar-refractivity contribution is 7.85. The Morgan fingerprint density at radius 1 is 1.60 bits per heavy atom. The van der Waals surface area contributed by atoms with Crippen LogP contribution >= 0.6 is 0 Å². The molecular weight excluding hydrogens is 212 g/mol. The molecule has 1 aliphatic rings. The third kappa shape index (κ3) is 2.85. The Balaban J connectivity index is 1.79. The molecular formula is C9H16N4OS. The average Bonchev–Trinajstić information content (AvgIpc) is 2.63. The number of nitrogens with one attached hydrogen (secondary N) is 1. The molecule has 0 radical (unpaired) electrons. The Bertz CT molecular complexity index is 342. The maximum Gasteiger partial charge on any atom is 0.146 e. The van der Waals surface area contributed by atoms with E-state index in [-0.39, 0.29) is 0 Å². The summed E-state index contributed by atoms with van der Waals surface area (Å²) in [6.45, 7) is 0.744. The third-order valence-corrected chi connectivity index (χ3v) is 4.12. The van der Waals surface area contributed by atoms with Gasteiger partial charge >= 0.3 is 0 Å². The van der Waals surface area contributed by atoms with Gasteiger partial charge in [-0.05, 0) is 12.8 Å². The van der Waals surface area contributed by atoms with Crippen molar-refractivity contribution in [3.05, 3.63) is 12.2 Å². The van der Waals surface area contributed by atoms with Crippen LogP contribution in [-0.2, 0) is 24.4 Å². The van der Waals surface area contributed by atoms with Crippen LogP contribution in [0.4, 0.5) is 0 Å². The Kier molecular flexibility index (Phi) is 3.48. The fraction of sp³-hybridized carbons (Fsp3) is 0.778. The van der Waals surface area contributed by atoms with Crippen LogP contribution in [0.1, 0.15) is 18.7 Å². The highest BCUT2D eigenvalue weighted by atomic mass is 32.2. The molecule has 1 fully saturated rings. The highest BCUT2D eigenvalue weighted by Crippen LogP contribution is 2.09. The summed E-state index contributed by atoms with van der Waals surface area (Å²) >= 11 is 0. The smallest absolute Gasteiger partial charge is 0.146 e. The molecule has 1 N–H and O–H groups in total. The first-order chi connectivity index (χ1) is 7.25. The van der Waals surface area contributed by atoms with Gasteiger partial charge in [-0.3, -0.25) is 4.21 Å². The maximum atomic E-state index is 11.2. The van der Waals surface area contributed by atoms with Crippen LogP contribution in [0, 0.1) is 0 Å². The Morgan fingerprint density at radius 2 is 2.33 bits per heavy atom. The molecule has 0 amide bonds. The van der Waals surface area contributed by atoms with E-state index < -0.39 is 10.8 Å². The molecule has 6 heteroatoms. The van der Waals surface area contributed by atoms with Crippen LogP contribution in [0.5, 0.6) is 0 Å². The second kappa shape index (κ2) is 4.85. The van der Waals surface area contributed by atoms with Gasteiger partial charge in [0, 0.05) is 35.4 Å². The van der Waals surface area contributed by atoms with Gasteiger partial charge in [-0.15, -0.1) is 10.2 Å². The number of hydrogen-bond donors (Lipinski definition) is 1. The molecule has 0 saturated carbocycles. The summed E-state index contributed by atoms with van der Waals surface area (Å²) in [6.07, 6.45) is 3.71. The zero-order valence-corrected chi connectivity index (χ0v) is 9.66. The van der Waals surface area contributed by atoms with Gasteiger partial charge in [0.2, 0.25) is 0 Å². The van der Waals surface area contributed by atoms with Crippen LogP contribution in [0.3, 0.4) is 0 Å². The molecule has 2 heterocycles. The fourth-order valence-electron chi connectivity index (χ4n) is 1.70. The SMILES string of the molecule is Cn1cnnc1CNC1CCS(=O)CC1. The minimum absolute atomic E-state index is 0.486. The van der Waals surface area contributed by atoms with Crippen molar-refractivity contribution in [1.29, 1.82) is 0 Å². The van der Waals surface area contributed by atoms with Crippen molar-refractivity contribution in [2.75, 3.05) is 11.5 Å². The van der Waals surface area contributed by atoms with Gasteiger partial charge in [-0.25, -0.2) is 0 Å². The van der Waals surface area contributed by atoms with E-state index in [1.807, 2.05) is 11.6 Å². The standard InChI is InChI=1S/C9H16N4OS/c1-13-7-11-12-9(13)6-10-8-2-4-15(14)5-3-8/h7-8,10H,2-6H2,1H3. The molecule has 0 spiro atoms. The van der Waals surface area contributed by atoms with Crippen molar-refractivity contribution in [3.8, 4) is 0 Å². The van der Waals surface area contributed by atoms with Crippen LogP contribution < -0.4 is 5.32 Å². The van der Waals surface area contributed by atoms with E-state index in [0.29, 0.717) is 6.04 Å². The van der Waals surface area contributed by atoms with E-state index in [4.69, 9.17) is 0 Å². The minimum Gasteiger partial charge on any atom is -0.320 e. The number of rotatable bonds is 3. The maximum absolute atomic E-state index is 11.2. The third-order valence-electron chi connectivity index (χ3n) is 2.74. The largest absolute Gasteiger partial charge is 0.320 e. The summed E-state index contributed by atoms with van der Waals surface area (Å²) in [5.41, 5.74) is 0. The van der Waals surface area contributed by atoms with Crippen LogP contribution in [-0.4, -0.2) is 36.5 Å². The van der Waals surface area contributed by atoms with Crippen molar-refractivity contribution < 1.29 is 4.21 Å². The van der Waals surface area contributed by atoms with Gasteiger partial charge in [0.25, 0.3) is 0 Å². The van der Waals surface area contributed by atoms with Crippen molar-refractivity contribution >= 4 is 10.8 Å². The lowest BCUT2D eigenvalue weighted by Crippen LogP contribution is -2.35. The van der Waals surface area contributed by atoms with E-state index in [9.17, 15) is 4.21 Å². The minimum atomic E-state index is -0.579. The fourth-order valence-corrected chi connectivity index (χ4v) is 3.00. The predicted octanol–water partition coefficient (Wildman–Crippen LogP) is -0.184. The molecule has 15 heavy (non-hydrogen) atoms. The molecule has 0 aliphatic carbocycles. The van der Waals surface area contributed by atoms with Crippen molar-refractivity contribution in [2.24, 2.45) is 7.05 Å². The summed E-state index contributed by atoms with van der Waals surface area (Å²) in [5, 5.41) is 11.3. The van der Waals surface area contributed by atoms with E-state index in [1.54, 1.807) is 6.33 Å². The molecule has 1 aromatic heterocycles. The zero-order valence-electron chi connectivity index (χ0n) is 8.85. The van der Waals surface area contributed by atoms with Gasteiger partial charge in [0.1, 0.15) is 12.2 Å². The number of aryl methyl sites for hydroxylation is 1. The quantitative estimate of drug-likeness (QED) is 0.779. The Morgan fingerprint density at radius 3 is 2.93 bits per heavy atom. The first kappa shape index (κ1) is 10.8. The Labute approximate surface area is 91.7 Å². The first-order valence-electron chi connectivity index (χ1n) is 5.17. The zero-order chi connectivity index (χ0) is 10.7. The molecule has 1 saturated heterocycles. The lowest BCUT2D eigenvalue weighted by Gasteiger charge is -2.22. The summed E-state index contributed by atoms with van der Waals surface area (Å²) in [5.74, 6) is 2.61. The van der Waals surface area contributed by atoms with Crippen LogP contribution in [0.25, 0.3) is 0 Å². The molecule has 0 bridgehead atoms. The van der Waals surface area contributed by atoms with Gasteiger partial charge < -0.3 is 9.88 Å². The molecule has 84 valence electrons.